The van der Waals surface area contributed by atoms with Gasteiger partial charge in [0.05, 0.1) is 56.7 Å². The van der Waals surface area contributed by atoms with Crippen LogP contribution in [0.15, 0.2) is 262 Å². The molecule has 9 aromatic carbocycles. The predicted molar refractivity (Wildman–Crippen MR) is 406 cm³/mol. The molecule has 18 nitrogen and oxygen atoms in total. The van der Waals surface area contributed by atoms with Crippen LogP contribution in [0.3, 0.4) is 0 Å². The second-order valence-electron chi connectivity index (χ2n) is 28.9. The lowest BCUT2D eigenvalue weighted by molar-refractivity contribution is -0.163. The van der Waals surface area contributed by atoms with Crippen LogP contribution in [0.4, 0.5) is 0 Å². The Morgan fingerprint density at radius 2 is 0.688 bits per heavy atom. The molecule has 6 bridgehead atoms. The van der Waals surface area contributed by atoms with Crippen molar-refractivity contribution in [3.8, 4) is 17.2 Å². The molecule has 2 saturated carbocycles. The van der Waals surface area contributed by atoms with Gasteiger partial charge < -0.3 is 47.4 Å². The van der Waals surface area contributed by atoms with Crippen molar-refractivity contribution in [2.75, 3.05) is 19.8 Å². The molecular formula is C87H83O18S4+3. The third kappa shape index (κ3) is 14.9. The fourth-order valence-corrected chi connectivity index (χ4v) is 25.5. The van der Waals surface area contributed by atoms with Crippen LogP contribution in [-0.2, 0) is 104 Å². The SMILES string of the molecule is Cc1cc([S+](c2ccccc2)c2ccccc2)cc(C)c1OCC(=O)OC1C2CC3C(=O)OC1C3C2.Cc1cc([S+](c2ccccc2)c2ccccc2)cc(C)c1OCC(=O)OC1C2CC3C(=O)OC1C3O2.Cc1cc([S+](c2ccccc2)c2ccccc2)cc(C)c1OCC(=O)OC1C2CC3C(O2)C1OS3(=O)=O. The van der Waals surface area contributed by atoms with Gasteiger partial charge in [0.1, 0.15) is 53.0 Å². The summed E-state index contributed by atoms with van der Waals surface area (Å²) in [5.41, 5.74) is 5.72. The van der Waals surface area contributed by atoms with E-state index in [2.05, 4.69) is 182 Å². The fourth-order valence-electron chi connectivity index (χ4n) is 17.1. The first-order chi connectivity index (χ1) is 52.8. The maximum Gasteiger partial charge on any atom is 0.344 e. The third-order valence-electron chi connectivity index (χ3n) is 21.7. The number of fused-ring (bicyclic) bond motifs is 3. The van der Waals surface area contributed by atoms with E-state index in [9.17, 15) is 32.4 Å². The highest BCUT2D eigenvalue weighted by Gasteiger charge is 2.68. The Balaban J connectivity index is 0.000000124. The summed E-state index contributed by atoms with van der Waals surface area (Å²) in [5.74, 6) is 0.372. The largest absolute Gasteiger partial charge is 0.481 e. The van der Waals surface area contributed by atoms with Crippen molar-refractivity contribution >= 4 is 72.6 Å². The van der Waals surface area contributed by atoms with E-state index in [0.29, 0.717) is 23.7 Å². The Kier molecular flexibility index (Phi) is 21.1. The Morgan fingerprint density at radius 1 is 0.367 bits per heavy atom. The molecule has 15 unspecified atom stereocenters. The van der Waals surface area contributed by atoms with Crippen LogP contribution in [0.25, 0.3) is 0 Å². The van der Waals surface area contributed by atoms with E-state index < -0.39 is 69.9 Å². The van der Waals surface area contributed by atoms with Gasteiger partial charge in [-0.2, -0.15) is 8.42 Å². The minimum absolute atomic E-state index is 0.00586. The summed E-state index contributed by atoms with van der Waals surface area (Å²) in [6.45, 7) is 11.3. The van der Waals surface area contributed by atoms with Crippen LogP contribution in [0.5, 0.6) is 17.2 Å². The summed E-state index contributed by atoms with van der Waals surface area (Å²) in [6, 6.07) is 75.6. The maximum absolute atomic E-state index is 12.7. The Morgan fingerprint density at radius 3 is 1.06 bits per heavy atom. The molecule has 109 heavy (non-hydrogen) atoms. The van der Waals surface area contributed by atoms with Gasteiger partial charge in [-0.1, -0.05) is 109 Å². The van der Waals surface area contributed by atoms with E-state index in [1.165, 1.54) is 39.2 Å². The van der Waals surface area contributed by atoms with Gasteiger partial charge in [0, 0.05) is 48.2 Å². The van der Waals surface area contributed by atoms with E-state index in [1.54, 1.807) is 0 Å². The summed E-state index contributed by atoms with van der Waals surface area (Å²) < 4.78 is 86.5. The Hall–Kier alpha value is -9.39. The van der Waals surface area contributed by atoms with Crippen LogP contribution in [0.1, 0.15) is 59.1 Å². The van der Waals surface area contributed by atoms with E-state index in [1.807, 2.05) is 77.9 Å². The molecule has 15 atom stereocenters. The zero-order chi connectivity index (χ0) is 75.4. The minimum Gasteiger partial charge on any atom is -0.481 e. The number of rotatable bonds is 21. The lowest BCUT2D eigenvalue weighted by Crippen LogP contribution is -2.42. The first-order valence-electron chi connectivity index (χ1n) is 36.8. The molecule has 2 aliphatic carbocycles. The zero-order valence-electron chi connectivity index (χ0n) is 60.9. The molecule has 7 heterocycles. The molecule has 0 radical (unpaired) electrons. The summed E-state index contributed by atoms with van der Waals surface area (Å²) >= 11 is 0. The van der Waals surface area contributed by atoms with Gasteiger partial charge in [0.25, 0.3) is 10.1 Å². The molecule has 0 amide bonds. The van der Waals surface area contributed by atoms with Gasteiger partial charge in [0.15, 0.2) is 82.2 Å². The maximum atomic E-state index is 12.7. The summed E-state index contributed by atoms with van der Waals surface area (Å²) in [5, 5.41) is -0.658. The Labute approximate surface area is 642 Å². The molecule has 0 N–H and O–H groups in total. The molecule has 22 heteroatoms. The van der Waals surface area contributed by atoms with Gasteiger partial charge >= 0.3 is 29.8 Å². The fraction of sp³-hybridized carbons (Fsp3) is 0.322. The topological polar surface area (TPSA) is 221 Å². The molecule has 0 spiro atoms. The smallest absolute Gasteiger partial charge is 0.344 e. The molecule has 9 aromatic rings. The van der Waals surface area contributed by atoms with Crippen molar-refractivity contribution < 1.29 is 83.9 Å². The second-order valence-corrected chi connectivity index (χ2v) is 36.8. The van der Waals surface area contributed by atoms with Crippen LogP contribution < -0.4 is 14.2 Å². The summed E-state index contributed by atoms with van der Waals surface area (Å²) in [7, 11) is -4.48. The number of esters is 5. The first kappa shape index (κ1) is 73.7. The average Bonchev–Trinajstić information content (AvgIpc) is 1.58. The number of aryl methyl sites for hydroxylation is 6. The predicted octanol–water partition coefficient (Wildman–Crippen LogP) is 13.6. The molecule has 18 rings (SSSR count). The molecule has 0 aromatic heterocycles. The van der Waals surface area contributed by atoms with Crippen LogP contribution in [0.2, 0.25) is 0 Å². The monoisotopic (exact) mass is 1540 g/mol. The number of ether oxygens (including phenoxy) is 10. The highest BCUT2D eigenvalue weighted by molar-refractivity contribution is 7.97. The number of benzene rings is 9. The van der Waals surface area contributed by atoms with E-state index in [-0.39, 0.29) is 119 Å². The lowest BCUT2D eigenvalue weighted by atomic mass is 9.88. The van der Waals surface area contributed by atoms with Crippen molar-refractivity contribution in [2.24, 2.45) is 23.7 Å². The molecule has 560 valence electrons. The second kappa shape index (κ2) is 31.2. The van der Waals surface area contributed by atoms with Crippen molar-refractivity contribution in [2.45, 2.75) is 178 Å². The van der Waals surface area contributed by atoms with Gasteiger partial charge in [-0.3, -0.25) is 13.8 Å². The highest BCUT2D eigenvalue weighted by atomic mass is 32.2. The third-order valence-corrected chi connectivity index (χ3v) is 30.0. The number of carbonyl (C=O) groups is 5. The van der Waals surface area contributed by atoms with E-state index >= 15 is 0 Å². The molecular weight excluding hydrogens is 1460 g/mol. The first-order valence-corrected chi connectivity index (χ1v) is 41.9. The molecule has 7 saturated heterocycles. The van der Waals surface area contributed by atoms with Gasteiger partial charge in [0.2, 0.25) is 0 Å². The van der Waals surface area contributed by atoms with Crippen LogP contribution >= 0.6 is 0 Å². The van der Waals surface area contributed by atoms with Crippen molar-refractivity contribution in [1.82, 2.24) is 0 Å². The number of carbonyl (C=O) groups excluding carboxylic acids is 5. The average molecular weight is 1540 g/mol. The molecule has 9 aliphatic rings. The highest BCUT2D eigenvalue weighted by Crippen LogP contribution is 2.56. The van der Waals surface area contributed by atoms with Crippen molar-refractivity contribution in [3.63, 3.8) is 0 Å². The summed E-state index contributed by atoms with van der Waals surface area (Å²) in [4.78, 5) is 72.8. The Bertz CT molecular complexity index is 4610. The number of hydrogen-bond acceptors (Lipinski definition) is 18. The number of hydrogen-bond donors (Lipinski definition) is 0. The zero-order valence-corrected chi connectivity index (χ0v) is 64.1. The lowest BCUT2D eigenvalue weighted by Gasteiger charge is -2.25. The van der Waals surface area contributed by atoms with Crippen LogP contribution in [-0.4, -0.2) is 124 Å². The van der Waals surface area contributed by atoms with Crippen molar-refractivity contribution in [3.05, 3.63) is 252 Å². The van der Waals surface area contributed by atoms with E-state index in [4.69, 9.17) is 51.6 Å². The quantitative estimate of drug-likeness (QED) is 0.0282. The van der Waals surface area contributed by atoms with Crippen molar-refractivity contribution in [1.29, 1.82) is 0 Å². The molecule has 7 aliphatic heterocycles. The summed E-state index contributed by atoms with van der Waals surface area (Å²) in [6.07, 6.45) is -2.26. The van der Waals surface area contributed by atoms with Gasteiger partial charge in [-0.05, 0) is 173 Å². The van der Waals surface area contributed by atoms with E-state index in [0.717, 1.165) is 51.1 Å². The van der Waals surface area contributed by atoms with Crippen LogP contribution in [0, 0.1) is 65.2 Å². The minimum atomic E-state index is -3.66. The molecule has 9 fully saturated rings. The van der Waals surface area contributed by atoms with Gasteiger partial charge in [-0.15, -0.1) is 0 Å². The normalized spacial score (nSPS) is 26.2. The standard InChI is InChI=1S/C30H29O5S.C29H27O6S.C28H27O7S2/c1-18-13-23(36(21-9-5-3-6-10-21)22-11-7-4-8-12-22)14-19(2)27(18)33-17-26(31)34-28-20-15-24-25(16-20)30(32)35-29(24)28;1-17-13-21(36(19-9-5-3-6-10-19)20-11-7-4-8-12-20)14-18(2)25(17)32-16-24(30)34-27-23-15-22-26(33-23)28(27)35-29(22)31;1-17-13-21(36(19-9-5-3-6-10-19)20-11-7-4-8-12-20)14-18(2)25(17)32-16-24(29)34-26-22-15-23-27(33-22)28(26)35-37(23,30)31/h3-14,20,24-25,28-29H,15-17H2,1-2H3;3-14,22-23,26-28H,15-16H2,1-2H3;3-14,22-23,26-28H,15-16H2,1-2H3/q3*+1. The van der Waals surface area contributed by atoms with Gasteiger partial charge in [-0.25, -0.2) is 14.4 Å².